The summed E-state index contributed by atoms with van der Waals surface area (Å²) in [6, 6.07) is 13.1. The summed E-state index contributed by atoms with van der Waals surface area (Å²) in [5.41, 5.74) is 7.34. The van der Waals surface area contributed by atoms with Gasteiger partial charge in [-0.1, -0.05) is 24.3 Å². The molecule has 1 heterocycles. The number of carbonyl (C=O) groups excluding carboxylic acids is 1. The highest BCUT2D eigenvalue weighted by Gasteiger charge is 2.08. The molecule has 0 radical (unpaired) electrons. The largest absolute Gasteiger partial charge is 0.484 e. The highest BCUT2D eigenvalue weighted by atomic mass is 32.1. The topological polar surface area (TPSA) is 77.2 Å². The molecule has 0 spiro atoms. The van der Waals surface area contributed by atoms with Crippen molar-refractivity contribution in [2.75, 3.05) is 17.7 Å². The van der Waals surface area contributed by atoms with E-state index in [1.807, 2.05) is 11.4 Å². The molecule has 1 aromatic heterocycles. The summed E-state index contributed by atoms with van der Waals surface area (Å²) < 4.78 is 18.9. The number of rotatable bonds is 5. The maximum atomic E-state index is 13.5. The lowest BCUT2D eigenvalue weighted by Gasteiger charge is -2.09. The summed E-state index contributed by atoms with van der Waals surface area (Å²) in [4.78, 5) is 16.1. The van der Waals surface area contributed by atoms with Gasteiger partial charge >= 0.3 is 0 Å². The van der Waals surface area contributed by atoms with Gasteiger partial charge in [-0.25, -0.2) is 9.37 Å². The predicted molar refractivity (Wildman–Crippen MR) is 92.5 cm³/mol. The number of nitrogens with zero attached hydrogens (tertiary/aromatic N) is 1. The first-order valence-electron chi connectivity index (χ1n) is 7.10. The predicted octanol–water partition coefficient (Wildman–Crippen LogP) is 3.55. The number of halogens is 1. The number of amides is 1. The zero-order valence-electron chi connectivity index (χ0n) is 12.5. The molecule has 3 aromatic rings. The van der Waals surface area contributed by atoms with Crippen LogP contribution < -0.4 is 15.8 Å². The Morgan fingerprint density at radius 1 is 1.25 bits per heavy atom. The SMILES string of the molecule is Nc1nc(-c2cccc(OCC(=O)Nc3ccccc3F)c2)cs1. The number of benzene rings is 2. The maximum absolute atomic E-state index is 13.5. The molecule has 1 amide bonds. The zero-order chi connectivity index (χ0) is 16.9. The first-order valence-corrected chi connectivity index (χ1v) is 7.98. The number of aromatic nitrogens is 1. The van der Waals surface area contributed by atoms with Gasteiger partial charge in [0.1, 0.15) is 11.6 Å². The molecule has 7 heteroatoms. The molecule has 0 saturated carbocycles. The van der Waals surface area contributed by atoms with Crippen molar-refractivity contribution in [3.63, 3.8) is 0 Å². The van der Waals surface area contributed by atoms with Gasteiger partial charge in [-0.2, -0.15) is 0 Å². The fourth-order valence-corrected chi connectivity index (χ4v) is 2.64. The quantitative estimate of drug-likeness (QED) is 0.743. The van der Waals surface area contributed by atoms with Crippen molar-refractivity contribution >= 4 is 28.1 Å². The van der Waals surface area contributed by atoms with Gasteiger partial charge < -0.3 is 15.8 Å². The molecule has 0 aliphatic rings. The number of nitrogens with two attached hydrogens (primary N) is 1. The van der Waals surface area contributed by atoms with Crippen LogP contribution in [0, 0.1) is 5.82 Å². The van der Waals surface area contributed by atoms with Crippen LogP contribution in [0.5, 0.6) is 5.75 Å². The summed E-state index contributed by atoms with van der Waals surface area (Å²) in [5, 5.41) is 4.80. The molecule has 5 nitrogen and oxygen atoms in total. The number of hydrogen-bond acceptors (Lipinski definition) is 5. The lowest BCUT2D eigenvalue weighted by molar-refractivity contribution is -0.118. The zero-order valence-corrected chi connectivity index (χ0v) is 13.3. The second-order valence-electron chi connectivity index (χ2n) is 4.92. The molecule has 3 N–H and O–H groups in total. The summed E-state index contributed by atoms with van der Waals surface area (Å²) in [5.74, 6) is -0.417. The van der Waals surface area contributed by atoms with Gasteiger partial charge in [-0.05, 0) is 24.3 Å². The Balaban J connectivity index is 1.62. The van der Waals surface area contributed by atoms with Gasteiger partial charge in [0.15, 0.2) is 11.7 Å². The summed E-state index contributed by atoms with van der Waals surface area (Å²) in [6.07, 6.45) is 0. The Morgan fingerprint density at radius 2 is 2.08 bits per heavy atom. The van der Waals surface area contributed by atoms with Gasteiger partial charge in [-0.15, -0.1) is 11.3 Å². The summed E-state index contributed by atoms with van der Waals surface area (Å²) in [6.45, 7) is -0.225. The highest BCUT2D eigenvalue weighted by Crippen LogP contribution is 2.26. The molecule has 3 rings (SSSR count). The third-order valence-corrected chi connectivity index (χ3v) is 3.84. The van der Waals surface area contributed by atoms with E-state index in [0.717, 1.165) is 11.3 Å². The Bertz CT molecular complexity index is 866. The smallest absolute Gasteiger partial charge is 0.262 e. The molecule has 24 heavy (non-hydrogen) atoms. The number of nitrogens with one attached hydrogen (secondary N) is 1. The van der Waals surface area contributed by atoms with E-state index in [9.17, 15) is 9.18 Å². The average molecular weight is 343 g/mol. The van der Waals surface area contributed by atoms with Crippen LogP contribution in [0.1, 0.15) is 0 Å². The van der Waals surface area contributed by atoms with Crippen LogP contribution >= 0.6 is 11.3 Å². The van der Waals surface area contributed by atoms with Gasteiger partial charge in [0.05, 0.1) is 11.4 Å². The van der Waals surface area contributed by atoms with Crippen LogP contribution in [-0.2, 0) is 4.79 Å². The van der Waals surface area contributed by atoms with E-state index in [-0.39, 0.29) is 12.3 Å². The molecule has 0 fully saturated rings. The van der Waals surface area contributed by atoms with E-state index in [1.165, 1.54) is 23.5 Å². The van der Waals surface area contributed by atoms with Gasteiger partial charge in [0.2, 0.25) is 0 Å². The van der Waals surface area contributed by atoms with Crippen LogP contribution in [0.15, 0.2) is 53.9 Å². The standard InChI is InChI=1S/C17H14FN3O2S/c18-13-6-1-2-7-14(13)20-16(22)9-23-12-5-3-4-11(8-12)15-10-24-17(19)21-15/h1-8,10H,9H2,(H2,19,21)(H,20,22). The third-order valence-electron chi connectivity index (χ3n) is 3.17. The summed E-state index contributed by atoms with van der Waals surface area (Å²) in [7, 11) is 0. The average Bonchev–Trinajstić information content (AvgIpc) is 3.02. The van der Waals surface area contributed by atoms with E-state index in [2.05, 4.69) is 10.3 Å². The van der Waals surface area contributed by atoms with Crippen molar-refractivity contribution in [3.8, 4) is 17.0 Å². The lowest BCUT2D eigenvalue weighted by Crippen LogP contribution is -2.20. The molecule has 122 valence electrons. The fourth-order valence-electron chi connectivity index (χ4n) is 2.06. The molecule has 0 aliphatic heterocycles. The lowest BCUT2D eigenvalue weighted by atomic mass is 10.2. The monoisotopic (exact) mass is 343 g/mol. The minimum atomic E-state index is -0.492. The van der Waals surface area contributed by atoms with Crippen molar-refractivity contribution in [2.45, 2.75) is 0 Å². The van der Waals surface area contributed by atoms with Crippen LogP contribution in [0.2, 0.25) is 0 Å². The van der Waals surface area contributed by atoms with E-state index in [4.69, 9.17) is 10.5 Å². The van der Waals surface area contributed by atoms with Crippen molar-refractivity contribution < 1.29 is 13.9 Å². The molecule has 0 saturated heterocycles. The highest BCUT2D eigenvalue weighted by molar-refractivity contribution is 7.13. The first kappa shape index (κ1) is 15.9. The number of anilines is 2. The van der Waals surface area contributed by atoms with Crippen molar-refractivity contribution in [2.24, 2.45) is 0 Å². The molecule has 2 aromatic carbocycles. The Hall–Kier alpha value is -2.93. The Kier molecular flexibility index (Phi) is 4.72. The fraction of sp³-hybridized carbons (Fsp3) is 0.0588. The second-order valence-corrected chi connectivity index (χ2v) is 5.81. The molecule has 0 bridgehead atoms. The Labute approximate surface area is 141 Å². The molecular weight excluding hydrogens is 329 g/mol. The van der Waals surface area contributed by atoms with Gasteiger partial charge in [0, 0.05) is 10.9 Å². The van der Waals surface area contributed by atoms with Gasteiger partial charge in [0.25, 0.3) is 5.91 Å². The van der Waals surface area contributed by atoms with Crippen molar-refractivity contribution in [1.29, 1.82) is 0 Å². The molecule has 0 unspecified atom stereocenters. The minimum Gasteiger partial charge on any atom is -0.484 e. The van der Waals surface area contributed by atoms with Gasteiger partial charge in [-0.3, -0.25) is 4.79 Å². The number of thiazole rings is 1. The number of hydrogen-bond donors (Lipinski definition) is 2. The van der Waals surface area contributed by atoms with Crippen LogP contribution in [0.4, 0.5) is 15.2 Å². The second kappa shape index (κ2) is 7.10. The number of ether oxygens (including phenoxy) is 1. The molecule has 0 atom stereocenters. The van der Waals surface area contributed by atoms with E-state index in [1.54, 1.807) is 30.3 Å². The van der Waals surface area contributed by atoms with Crippen LogP contribution in [-0.4, -0.2) is 17.5 Å². The van der Waals surface area contributed by atoms with Crippen molar-refractivity contribution in [3.05, 3.63) is 59.7 Å². The number of nitrogen functional groups attached to an aromatic ring is 1. The molecular formula is C17H14FN3O2S. The third kappa shape index (κ3) is 3.88. The number of para-hydroxylation sites is 1. The maximum Gasteiger partial charge on any atom is 0.262 e. The van der Waals surface area contributed by atoms with E-state index in [0.29, 0.717) is 10.9 Å². The first-order chi connectivity index (χ1) is 11.6. The van der Waals surface area contributed by atoms with Crippen LogP contribution in [0.25, 0.3) is 11.3 Å². The number of carbonyl (C=O) groups is 1. The molecule has 0 aliphatic carbocycles. The normalized spacial score (nSPS) is 10.4. The minimum absolute atomic E-state index is 0.123. The Morgan fingerprint density at radius 3 is 2.83 bits per heavy atom. The van der Waals surface area contributed by atoms with E-state index >= 15 is 0 Å². The van der Waals surface area contributed by atoms with Crippen molar-refractivity contribution in [1.82, 2.24) is 4.98 Å². The summed E-state index contributed by atoms with van der Waals surface area (Å²) >= 11 is 1.35. The van der Waals surface area contributed by atoms with Crippen LogP contribution in [0.3, 0.4) is 0 Å². The van der Waals surface area contributed by atoms with E-state index < -0.39 is 11.7 Å².